The molecule has 0 aromatic rings. The second-order valence-electron chi connectivity index (χ2n) is 6.71. The molecule has 0 rings (SSSR count). The van der Waals surface area contributed by atoms with Crippen molar-refractivity contribution in [1.82, 2.24) is 16.0 Å². The van der Waals surface area contributed by atoms with Crippen LogP contribution in [-0.2, 0) is 19.2 Å². The summed E-state index contributed by atoms with van der Waals surface area (Å²) in [5, 5.41) is 16.7. The van der Waals surface area contributed by atoms with Crippen molar-refractivity contribution in [2.24, 2.45) is 22.2 Å². The van der Waals surface area contributed by atoms with Gasteiger partial charge in [0.15, 0.2) is 5.96 Å². The van der Waals surface area contributed by atoms with Gasteiger partial charge in [0.2, 0.25) is 17.7 Å². The third kappa shape index (κ3) is 12.3. The van der Waals surface area contributed by atoms with Crippen molar-refractivity contribution in [2.45, 2.75) is 50.4 Å². The average molecular weight is 480 g/mol. The number of nitrogens with two attached hydrogens (primary N) is 3. The molecule has 3 amide bonds. The molecule has 0 aliphatic carbocycles. The van der Waals surface area contributed by atoms with Crippen LogP contribution in [0.15, 0.2) is 4.99 Å². The average Bonchev–Trinajstić information content (AvgIpc) is 2.71. The summed E-state index contributed by atoms with van der Waals surface area (Å²) >= 11 is 5.38. The van der Waals surface area contributed by atoms with Crippen LogP contribution in [0, 0.1) is 0 Å². The Hall–Kier alpha value is -2.19. The van der Waals surface area contributed by atoms with Crippen LogP contribution in [0.25, 0.3) is 0 Å². The first-order chi connectivity index (χ1) is 14.5. The van der Waals surface area contributed by atoms with Crippen molar-refractivity contribution < 1.29 is 24.3 Å². The molecule has 0 aliphatic rings. The summed E-state index contributed by atoms with van der Waals surface area (Å²) in [7, 11) is 0. The number of carboxylic acid groups (broad SMARTS) is 1. The van der Waals surface area contributed by atoms with Crippen molar-refractivity contribution in [1.29, 1.82) is 0 Å². The van der Waals surface area contributed by atoms with Crippen molar-refractivity contribution in [3.8, 4) is 0 Å². The van der Waals surface area contributed by atoms with Gasteiger partial charge in [-0.25, -0.2) is 4.79 Å². The Morgan fingerprint density at radius 3 is 2.16 bits per heavy atom. The number of thioether (sulfide) groups is 1. The molecule has 0 bridgehead atoms. The lowest BCUT2D eigenvalue weighted by atomic mass is 10.1. The Kier molecular flexibility index (Phi) is 14.5. The number of rotatable bonds is 15. The number of carbonyl (C=O) groups excluding carboxylic acids is 3. The van der Waals surface area contributed by atoms with Crippen LogP contribution in [0.3, 0.4) is 0 Å². The van der Waals surface area contributed by atoms with Crippen LogP contribution in [0.5, 0.6) is 0 Å². The fourth-order valence-corrected chi connectivity index (χ4v) is 2.94. The number of guanidine groups is 1. The summed E-state index contributed by atoms with van der Waals surface area (Å²) in [5.41, 5.74) is 16.1. The topological polar surface area (TPSA) is 215 Å². The van der Waals surface area contributed by atoms with E-state index in [1.807, 2.05) is 6.26 Å². The largest absolute Gasteiger partial charge is 0.480 e. The van der Waals surface area contributed by atoms with Crippen LogP contribution < -0.4 is 33.2 Å². The highest BCUT2D eigenvalue weighted by molar-refractivity contribution is 7.98. The number of carboxylic acids is 1. The number of carbonyl (C=O) groups is 4. The van der Waals surface area contributed by atoms with Crippen molar-refractivity contribution in [3.63, 3.8) is 0 Å². The Morgan fingerprint density at radius 2 is 1.65 bits per heavy atom. The maximum atomic E-state index is 12.7. The molecule has 10 N–H and O–H groups in total. The lowest BCUT2D eigenvalue weighted by Crippen LogP contribution is -2.56. The molecule has 12 nitrogen and oxygen atoms in total. The summed E-state index contributed by atoms with van der Waals surface area (Å²) in [4.78, 5) is 52.3. The first-order valence-electron chi connectivity index (χ1n) is 9.58. The number of amides is 3. The van der Waals surface area contributed by atoms with Gasteiger partial charge < -0.3 is 38.3 Å². The molecule has 0 aliphatic heterocycles. The van der Waals surface area contributed by atoms with Crippen molar-refractivity contribution in [2.75, 3.05) is 24.3 Å². The summed E-state index contributed by atoms with van der Waals surface area (Å²) < 4.78 is 0. The zero-order valence-electron chi connectivity index (χ0n) is 17.7. The quantitative estimate of drug-likeness (QED) is 0.0543. The first-order valence-corrected chi connectivity index (χ1v) is 11.6. The molecular weight excluding hydrogens is 446 g/mol. The number of hydrogen-bond donors (Lipinski definition) is 8. The molecule has 0 aromatic heterocycles. The molecule has 0 aromatic carbocycles. The van der Waals surface area contributed by atoms with E-state index in [0.717, 1.165) is 0 Å². The lowest BCUT2D eigenvalue weighted by Gasteiger charge is -2.23. The molecule has 4 atom stereocenters. The molecule has 14 heteroatoms. The Balaban J connectivity index is 5.18. The minimum atomic E-state index is -1.17. The second kappa shape index (κ2) is 15.6. The Labute approximate surface area is 191 Å². The normalized spacial score (nSPS) is 14.5. The maximum Gasteiger partial charge on any atom is 0.326 e. The predicted molar refractivity (Wildman–Crippen MR) is 124 cm³/mol. The molecule has 4 unspecified atom stereocenters. The summed E-state index contributed by atoms with van der Waals surface area (Å²) in [5.74, 6) is -2.49. The number of hydrogen-bond acceptors (Lipinski definition) is 8. The van der Waals surface area contributed by atoms with Crippen LogP contribution in [0.4, 0.5) is 0 Å². The van der Waals surface area contributed by atoms with E-state index in [4.69, 9.17) is 17.2 Å². The molecule has 178 valence electrons. The second-order valence-corrected chi connectivity index (χ2v) is 8.06. The third-order valence-electron chi connectivity index (χ3n) is 4.09. The van der Waals surface area contributed by atoms with Crippen LogP contribution >= 0.6 is 24.4 Å². The van der Waals surface area contributed by atoms with Gasteiger partial charge in [0.1, 0.15) is 18.1 Å². The Morgan fingerprint density at radius 1 is 1.03 bits per heavy atom. The summed E-state index contributed by atoms with van der Waals surface area (Å²) in [6.45, 7) is 1.66. The molecule has 0 heterocycles. The van der Waals surface area contributed by atoms with E-state index in [2.05, 4.69) is 33.6 Å². The van der Waals surface area contributed by atoms with Crippen molar-refractivity contribution >= 4 is 54.0 Å². The molecule has 0 radical (unpaired) electrons. The van der Waals surface area contributed by atoms with Gasteiger partial charge in [0.05, 0.1) is 6.04 Å². The highest BCUT2D eigenvalue weighted by Gasteiger charge is 2.28. The van der Waals surface area contributed by atoms with E-state index in [-0.39, 0.29) is 31.1 Å². The fourth-order valence-electron chi connectivity index (χ4n) is 2.30. The van der Waals surface area contributed by atoms with Gasteiger partial charge in [-0.3, -0.25) is 19.4 Å². The lowest BCUT2D eigenvalue weighted by molar-refractivity contribution is -0.142. The van der Waals surface area contributed by atoms with Gasteiger partial charge in [-0.1, -0.05) is 0 Å². The molecular formula is C17H33N7O5S2. The minimum absolute atomic E-state index is 0.0998. The third-order valence-corrected chi connectivity index (χ3v) is 5.13. The van der Waals surface area contributed by atoms with Gasteiger partial charge in [0.25, 0.3) is 0 Å². The minimum Gasteiger partial charge on any atom is -0.480 e. The van der Waals surface area contributed by atoms with E-state index in [1.165, 1.54) is 18.7 Å². The van der Waals surface area contributed by atoms with Gasteiger partial charge in [0, 0.05) is 12.3 Å². The van der Waals surface area contributed by atoms with E-state index in [9.17, 15) is 24.3 Å². The van der Waals surface area contributed by atoms with Gasteiger partial charge in [-0.05, 0) is 38.2 Å². The molecule has 0 saturated carbocycles. The van der Waals surface area contributed by atoms with E-state index < -0.39 is 47.9 Å². The van der Waals surface area contributed by atoms with Gasteiger partial charge in [-0.2, -0.15) is 24.4 Å². The van der Waals surface area contributed by atoms with Crippen LogP contribution in [0.2, 0.25) is 0 Å². The first kappa shape index (κ1) is 28.8. The van der Waals surface area contributed by atoms with E-state index >= 15 is 0 Å². The van der Waals surface area contributed by atoms with Crippen LogP contribution in [-0.4, -0.2) is 83.2 Å². The number of aliphatic carboxylic acids is 1. The molecule has 0 fully saturated rings. The fraction of sp³-hybridized carbons (Fsp3) is 0.706. The monoisotopic (exact) mass is 479 g/mol. The summed E-state index contributed by atoms with van der Waals surface area (Å²) in [6, 6.07) is -4.00. The highest BCUT2D eigenvalue weighted by Crippen LogP contribution is 2.05. The molecule has 0 saturated heterocycles. The number of nitrogens with one attached hydrogen (secondary N) is 3. The SMILES string of the molecule is CSCCC(NC(=O)C(CCCN=C(N)N)NC(=O)C(C)NC(=O)C(N)CS)C(=O)O. The van der Waals surface area contributed by atoms with Gasteiger partial charge >= 0.3 is 5.97 Å². The Bertz CT molecular complexity index is 646. The molecule has 0 spiro atoms. The maximum absolute atomic E-state index is 12.7. The standard InChI is InChI=1S/C17H33N7O5S2/c1-9(22-14(26)10(18)8-30)13(25)23-11(4-3-6-21-17(19)20)15(27)24-12(16(28)29)5-7-31-2/h9-12,30H,3-8,18H2,1-2H3,(H,22,26)(H,23,25)(H,24,27)(H,28,29)(H4,19,20,21). The number of thiol groups is 1. The predicted octanol–water partition coefficient (Wildman–Crippen LogP) is -2.39. The van der Waals surface area contributed by atoms with Crippen LogP contribution in [0.1, 0.15) is 26.2 Å². The smallest absolute Gasteiger partial charge is 0.326 e. The van der Waals surface area contributed by atoms with E-state index in [1.54, 1.807) is 0 Å². The van der Waals surface area contributed by atoms with E-state index in [0.29, 0.717) is 12.2 Å². The highest BCUT2D eigenvalue weighted by atomic mass is 32.2. The van der Waals surface area contributed by atoms with Gasteiger partial charge in [-0.15, -0.1) is 0 Å². The zero-order valence-corrected chi connectivity index (χ0v) is 19.4. The zero-order chi connectivity index (χ0) is 24.0. The van der Waals surface area contributed by atoms with Crippen molar-refractivity contribution in [3.05, 3.63) is 0 Å². The molecule has 31 heavy (non-hydrogen) atoms. The summed E-state index contributed by atoms with van der Waals surface area (Å²) in [6.07, 6.45) is 2.55. The number of nitrogens with zero attached hydrogens (tertiary/aromatic N) is 1. The number of aliphatic imine (C=N–C) groups is 1.